The van der Waals surface area contributed by atoms with Crippen LogP contribution in [0.25, 0.3) is 5.69 Å². The standard InChI is InChI=1S/C12H12ClFN2O/c1-2-11-8(7-17)6-15-16(11)12-9(13)4-3-5-10(12)14/h3-6,17H,2,7H2,1H3. The molecule has 0 unspecified atom stereocenters. The van der Waals surface area contributed by atoms with Gasteiger partial charge in [0.05, 0.1) is 17.8 Å². The summed E-state index contributed by atoms with van der Waals surface area (Å²) in [5, 5.41) is 13.5. The monoisotopic (exact) mass is 254 g/mol. The van der Waals surface area contributed by atoms with Gasteiger partial charge in [-0.1, -0.05) is 24.6 Å². The van der Waals surface area contributed by atoms with Crippen molar-refractivity contribution in [2.75, 3.05) is 0 Å². The van der Waals surface area contributed by atoms with Crippen molar-refractivity contribution < 1.29 is 9.50 Å². The number of hydrogen-bond acceptors (Lipinski definition) is 2. The Balaban J connectivity index is 2.64. The van der Waals surface area contributed by atoms with Crippen molar-refractivity contribution in [1.82, 2.24) is 9.78 Å². The number of halogens is 2. The van der Waals surface area contributed by atoms with E-state index < -0.39 is 5.82 Å². The third-order valence-corrected chi connectivity index (χ3v) is 2.91. The Morgan fingerprint density at radius 1 is 1.47 bits per heavy atom. The zero-order chi connectivity index (χ0) is 12.4. The maximum Gasteiger partial charge on any atom is 0.150 e. The van der Waals surface area contributed by atoms with Crippen LogP contribution in [-0.4, -0.2) is 14.9 Å². The zero-order valence-corrected chi connectivity index (χ0v) is 10.1. The highest BCUT2D eigenvalue weighted by Gasteiger charge is 2.15. The van der Waals surface area contributed by atoms with E-state index in [1.807, 2.05) is 6.92 Å². The first-order valence-electron chi connectivity index (χ1n) is 5.30. The van der Waals surface area contributed by atoms with Gasteiger partial charge < -0.3 is 5.11 Å². The number of nitrogens with zero attached hydrogens (tertiary/aromatic N) is 2. The second-order valence-electron chi connectivity index (χ2n) is 3.61. The van der Waals surface area contributed by atoms with Gasteiger partial charge in [0, 0.05) is 11.3 Å². The van der Waals surface area contributed by atoms with E-state index in [-0.39, 0.29) is 12.3 Å². The molecule has 2 aromatic rings. The minimum Gasteiger partial charge on any atom is -0.392 e. The summed E-state index contributed by atoms with van der Waals surface area (Å²) in [5.74, 6) is -0.431. The highest BCUT2D eigenvalue weighted by molar-refractivity contribution is 6.32. The number of aromatic nitrogens is 2. The van der Waals surface area contributed by atoms with Crippen LogP contribution >= 0.6 is 11.6 Å². The quantitative estimate of drug-likeness (QED) is 0.915. The molecule has 0 amide bonds. The maximum absolute atomic E-state index is 13.8. The van der Waals surface area contributed by atoms with Crippen molar-refractivity contribution in [3.05, 3.63) is 46.5 Å². The molecule has 0 aliphatic carbocycles. The normalized spacial score (nSPS) is 10.8. The molecule has 90 valence electrons. The summed E-state index contributed by atoms with van der Waals surface area (Å²) in [7, 11) is 0. The van der Waals surface area contributed by atoms with Crippen molar-refractivity contribution >= 4 is 11.6 Å². The number of hydrogen-bond donors (Lipinski definition) is 1. The SMILES string of the molecule is CCc1c(CO)cnn1-c1c(F)cccc1Cl. The van der Waals surface area contributed by atoms with E-state index >= 15 is 0 Å². The van der Waals surface area contributed by atoms with Crippen LogP contribution in [0.3, 0.4) is 0 Å². The molecule has 5 heteroatoms. The molecular formula is C12H12ClFN2O. The number of para-hydroxylation sites is 1. The number of aliphatic hydroxyl groups excluding tert-OH is 1. The van der Waals surface area contributed by atoms with Crippen molar-refractivity contribution in [2.45, 2.75) is 20.0 Å². The first-order chi connectivity index (χ1) is 8.19. The third kappa shape index (κ3) is 2.06. The molecular weight excluding hydrogens is 243 g/mol. The molecule has 1 N–H and O–H groups in total. The summed E-state index contributed by atoms with van der Waals surface area (Å²) < 4.78 is 15.2. The molecule has 0 bridgehead atoms. The summed E-state index contributed by atoms with van der Waals surface area (Å²) >= 11 is 5.98. The molecule has 0 aliphatic heterocycles. The van der Waals surface area contributed by atoms with Gasteiger partial charge in [-0.3, -0.25) is 0 Å². The van der Waals surface area contributed by atoms with Gasteiger partial charge in [-0.25, -0.2) is 9.07 Å². The molecule has 1 heterocycles. The van der Waals surface area contributed by atoms with Crippen LogP contribution in [0.1, 0.15) is 18.2 Å². The van der Waals surface area contributed by atoms with Gasteiger partial charge in [-0.05, 0) is 18.6 Å². The van der Waals surface area contributed by atoms with Crippen molar-refractivity contribution in [3.8, 4) is 5.69 Å². The fourth-order valence-corrected chi connectivity index (χ4v) is 2.04. The summed E-state index contributed by atoms with van der Waals surface area (Å²) in [5.41, 5.74) is 1.68. The van der Waals surface area contributed by atoms with E-state index in [9.17, 15) is 4.39 Å². The molecule has 17 heavy (non-hydrogen) atoms. The molecule has 0 fully saturated rings. The number of rotatable bonds is 3. The fraction of sp³-hybridized carbons (Fsp3) is 0.250. The molecule has 3 nitrogen and oxygen atoms in total. The van der Waals surface area contributed by atoms with Crippen LogP contribution in [0.5, 0.6) is 0 Å². The smallest absolute Gasteiger partial charge is 0.150 e. The molecule has 0 aliphatic rings. The Labute approximate surface area is 103 Å². The average molecular weight is 255 g/mol. The zero-order valence-electron chi connectivity index (χ0n) is 9.32. The van der Waals surface area contributed by atoms with Gasteiger partial charge in [-0.2, -0.15) is 5.10 Å². The van der Waals surface area contributed by atoms with Crippen LogP contribution < -0.4 is 0 Å². The van der Waals surface area contributed by atoms with E-state index in [1.54, 1.807) is 12.1 Å². The molecule has 0 spiro atoms. The predicted octanol–water partition coefficient (Wildman–Crippen LogP) is 2.72. The van der Waals surface area contributed by atoms with Crippen LogP contribution in [0.15, 0.2) is 24.4 Å². The Bertz CT molecular complexity index is 519. The predicted molar refractivity (Wildman–Crippen MR) is 63.8 cm³/mol. The van der Waals surface area contributed by atoms with Gasteiger partial charge in [0.2, 0.25) is 0 Å². The molecule has 0 saturated carbocycles. The Kier molecular flexibility index (Phi) is 3.45. The second kappa shape index (κ2) is 4.85. The lowest BCUT2D eigenvalue weighted by Crippen LogP contribution is -2.05. The molecule has 2 rings (SSSR count). The lowest BCUT2D eigenvalue weighted by atomic mass is 10.2. The maximum atomic E-state index is 13.8. The Morgan fingerprint density at radius 3 is 2.82 bits per heavy atom. The van der Waals surface area contributed by atoms with Crippen LogP contribution in [0.4, 0.5) is 4.39 Å². The highest BCUT2D eigenvalue weighted by Crippen LogP contribution is 2.25. The fourth-order valence-electron chi connectivity index (χ4n) is 1.80. The Morgan fingerprint density at radius 2 is 2.24 bits per heavy atom. The summed E-state index contributed by atoms with van der Waals surface area (Å²) in [6, 6.07) is 4.49. The molecule has 1 aromatic heterocycles. The third-order valence-electron chi connectivity index (χ3n) is 2.61. The van der Waals surface area contributed by atoms with Gasteiger partial charge in [0.1, 0.15) is 11.5 Å². The van der Waals surface area contributed by atoms with E-state index in [0.717, 1.165) is 5.69 Å². The van der Waals surface area contributed by atoms with E-state index in [0.29, 0.717) is 17.0 Å². The summed E-state index contributed by atoms with van der Waals surface area (Å²) in [6.07, 6.45) is 2.17. The van der Waals surface area contributed by atoms with Crippen molar-refractivity contribution in [1.29, 1.82) is 0 Å². The van der Waals surface area contributed by atoms with Crippen LogP contribution in [-0.2, 0) is 13.0 Å². The number of aliphatic hydroxyl groups is 1. The average Bonchev–Trinajstić information content (AvgIpc) is 2.71. The summed E-state index contributed by atoms with van der Waals surface area (Å²) in [6.45, 7) is 1.80. The van der Waals surface area contributed by atoms with Crippen LogP contribution in [0.2, 0.25) is 5.02 Å². The molecule has 0 atom stereocenters. The van der Waals surface area contributed by atoms with Gasteiger partial charge in [-0.15, -0.1) is 0 Å². The molecule has 1 aromatic carbocycles. The minimum atomic E-state index is -0.431. The first-order valence-corrected chi connectivity index (χ1v) is 5.67. The Hall–Kier alpha value is -1.39. The topological polar surface area (TPSA) is 38.1 Å². The van der Waals surface area contributed by atoms with Gasteiger partial charge in [0.25, 0.3) is 0 Å². The van der Waals surface area contributed by atoms with Crippen molar-refractivity contribution in [3.63, 3.8) is 0 Å². The largest absolute Gasteiger partial charge is 0.392 e. The highest BCUT2D eigenvalue weighted by atomic mass is 35.5. The first kappa shape index (κ1) is 12.1. The van der Waals surface area contributed by atoms with E-state index in [2.05, 4.69) is 5.10 Å². The van der Waals surface area contributed by atoms with Gasteiger partial charge >= 0.3 is 0 Å². The van der Waals surface area contributed by atoms with E-state index in [1.165, 1.54) is 16.9 Å². The van der Waals surface area contributed by atoms with E-state index in [4.69, 9.17) is 16.7 Å². The summed E-state index contributed by atoms with van der Waals surface area (Å²) in [4.78, 5) is 0. The van der Waals surface area contributed by atoms with Gasteiger partial charge in [0.15, 0.2) is 0 Å². The minimum absolute atomic E-state index is 0.116. The number of benzene rings is 1. The molecule has 0 radical (unpaired) electrons. The van der Waals surface area contributed by atoms with Crippen molar-refractivity contribution in [2.24, 2.45) is 0 Å². The lowest BCUT2D eigenvalue weighted by Gasteiger charge is -2.09. The second-order valence-corrected chi connectivity index (χ2v) is 4.02. The molecule has 0 saturated heterocycles. The van der Waals surface area contributed by atoms with Crippen LogP contribution in [0, 0.1) is 5.82 Å². The lowest BCUT2D eigenvalue weighted by molar-refractivity contribution is 0.280.